The molecule has 8 heteroatoms. The van der Waals surface area contributed by atoms with E-state index >= 15 is 0 Å². The summed E-state index contributed by atoms with van der Waals surface area (Å²) in [6, 6.07) is 0. The standard InChI is InChI=1S/3C10H24N.H3O4P/c3*1-5-8-11(4,9-6-2)10-7-3;1-5(2,3)4/h3*5-10H2,1-4H3;(H3,1,2,3,4)/q3*+1;/p-3. The second kappa shape index (κ2) is 27.2. The minimum absolute atomic E-state index is 1.28. The van der Waals surface area contributed by atoms with Gasteiger partial charge in [-0.2, -0.15) is 7.82 Å². The van der Waals surface area contributed by atoms with E-state index in [0.29, 0.717) is 0 Å². The van der Waals surface area contributed by atoms with Crippen LogP contribution >= 0.6 is 7.82 Å². The molecule has 0 aliphatic heterocycles. The monoisotopic (exact) mass is 570 g/mol. The SMILES string of the molecule is CCC[N+](C)(CCC)CCC.CCC[N+](C)(CCC)CCC.CCC[N+](C)(CCC)CCC.O=P([O-])([O-])[O-]. The maximum absolute atomic E-state index is 8.55. The van der Waals surface area contributed by atoms with Gasteiger partial charge < -0.3 is 32.7 Å². The summed E-state index contributed by atoms with van der Waals surface area (Å²) in [7, 11) is 1.77. The number of phosphoric acid groups is 1. The molecule has 0 rings (SSSR count). The summed E-state index contributed by atoms with van der Waals surface area (Å²) in [5.41, 5.74) is 0. The first-order valence-electron chi connectivity index (χ1n) is 15.8. The van der Waals surface area contributed by atoms with E-state index in [0.717, 1.165) is 0 Å². The fourth-order valence-electron chi connectivity index (χ4n) is 5.86. The van der Waals surface area contributed by atoms with Crippen LogP contribution in [0.2, 0.25) is 0 Å². The summed E-state index contributed by atoms with van der Waals surface area (Å²) in [4.78, 5) is 25.6. The quantitative estimate of drug-likeness (QED) is 0.168. The van der Waals surface area contributed by atoms with Gasteiger partial charge in [-0.15, -0.1) is 0 Å². The molecule has 236 valence electrons. The van der Waals surface area contributed by atoms with Crippen molar-refractivity contribution >= 4 is 7.82 Å². The van der Waals surface area contributed by atoms with E-state index in [1.807, 2.05) is 0 Å². The summed E-state index contributed by atoms with van der Waals surface area (Å²) in [6.07, 6.45) is 11.8. The van der Waals surface area contributed by atoms with E-state index in [2.05, 4.69) is 83.5 Å². The Balaban J connectivity index is -0.000000209. The van der Waals surface area contributed by atoms with E-state index in [1.54, 1.807) is 0 Å². The first-order valence-corrected chi connectivity index (χ1v) is 17.2. The Labute approximate surface area is 240 Å². The van der Waals surface area contributed by atoms with Crippen molar-refractivity contribution in [2.75, 3.05) is 80.0 Å². The lowest BCUT2D eigenvalue weighted by Crippen LogP contribution is -2.45. The van der Waals surface area contributed by atoms with Crippen LogP contribution in [0.4, 0.5) is 0 Å². The zero-order valence-electron chi connectivity index (χ0n) is 28.1. The molecular weight excluding hydrogens is 497 g/mol. The summed E-state index contributed by atoms with van der Waals surface area (Å²) >= 11 is 0. The van der Waals surface area contributed by atoms with Crippen LogP contribution in [0.1, 0.15) is 120 Å². The van der Waals surface area contributed by atoms with E-state index in [-0.39, 0.29) is 0 Å². The number of quaternary nitrogens is 3. The van der Waals surface area contributed by atoms with Gasteiger partial charge >= 0.3 is 0 Å². The molecule has 0 unspecified atom stereocenters. The molecule has 0 spiro atoms. The first kappa shape index (κ1) is 45.0. The van der Waals surface area contributed by atoms with Crippen LogP contribution in [0.25, 0.3) is 0 Å². The highest BCUT2D eigenvalue weighted by molar-refractivity contribution is 7.40. The Morgan fingerprint density at radius 1 is 0.368 bits per heavy atom. The van der Waals surface area contributed by atoms with Crippen molar-refractivity contribution in [1.82, 2.24) is 0 Å². The zero-order chi connectivity index (χ0) is 30.7. The molecule has 0 aromatic carbocycles. The van der Waals surface area contributed by atoms with E-state index < -0.39 is 7.82 Å². The molecule has 0 amide bonds. The van der Waals surface area contributed by atoms with Crippen LogP contribution in [-0.4, -0.2) is 93.5 Å². The van der Waals surface area contributed by atoms with Gasteiger partial charge in [-0.05, 0) is 57.8 Å². The normalized spacial score (nSPS) is 12.0. The van der Waals surface area contributed by atoms with Gasteiger partial charge in [0, 0.05) is 0 Å². The lowest BCUT2D eigenvalue weighted by molar-refractivity contribution is -0.909. The third kappa shape index (κ3) is 34.0. The van der Waals surface area contributed by atoms with Gasteiger partial charge in [-0.3, -0.25) is 0 Å². The fraction of sp³-hybridized carbons (Fsp3) is 1.00. The molecule has 0 fully saturated rings. The Bertz CT molecular complexity index is 413. The van der Waals surface area contributed by atoms with Crippen LogP contribution in [0.5, 0.6) is 0 Å². The minimum atomic E-state index is -5.39. The highest BCUT2D eigenvalue weighted by Gasteiger charge is 2.18. The molecule has 0 aliphatic rings. The van der Waals surface area contributed by atoms with Crippen LogP contribution in [0.3, 0.4) is 0 Å². The lowest BCUT2D eigenvalue weighted by atomic mass is 10.2. The number of rotatable bonds is 18. The second-order valence-corrected chi connectivity index (χ2v) is 12.7. The van der Waals surface area contributed by atoms with Crippen molar-refractivity contribution in [3.8, 4) is 0 Å². The molecule has 0 saturated heterocycles. The molecule has 38 heavy (non-hydrogen) atoms. The molecule has 0 aromatic heterocycles. The van der Waals surface area contributed by atoms with Crippen molar-refractivity contribution < 1.29 is 32.7 Å². The average Bonchev–Trinajstić information content (AvgIpc) is 2.75. The summed E-state index contributed by atoms with van der Waals surface area (Å²) in [6.45, 7) is 32.7. The van der Waals surface area contributed by atoms with Gasteiger partial charge in [-0.25, -0.2) is 0 Å². The highest BCUT2D eigenvalue weighted by atomic mass is 31.2. The minimum Gasteiger partial charge on any atom is -0.822 e. The lowest BCUT2D eigenvalue weighted by Gasteiger charge is -2.36. The zero-order valence-corrected chi connectivity index (χ0v) is 29.0. The van der Waals surface area contributed by atoms with E-state index in [9.17, 15) is 0 Å². The Kier molecular flexibility index (Phi) is 32.2. The van der Waals surface area contributed by atoms with Crippen molar-refractivity contribution in [2.45, 2.75) is 120 Å². The summed E-state index contributed by atoms with van der Waals surface area (Å²) in [5, 5.41) is 0. The summed E-state index contributed by atoms with van der Waals surface area (Å²) < 4.78 is 12.4. The molecule has 0 heterocycles. The van der Waals surface area contributed by atoms with Gasteiger partial charge in [0.05, 0.1) is 80.0 Å². The maximum Gasteiger partial charge on any atom is 0.0781 e. The third-order valence-electron chi connectivity index (χ3n) is 6.87. The van der Waals surface area contributed by atoms with Gasteiger partial charge in [0.2, 0.25) is 0 Å². The van der Waals surface area contributed by atoms with Gasteiger partial charge in [0.15, 0.2) is 0 Å². The Morgan fingerprint density at radius 3 is 0.500 bits per heavy atom. The third-order valence-corrected chi connectivity index (χ3v) is 6.87. The Morgan fingerprint density at radius 2 is 0.447 bits per heavy atom. The Hall–Kier alpha value is -0.0100. The average molecular weight is 570 g/mol. The molecule has 0 atom stereocenters. The molecule has 0 radical (unpaired) electrons. The van der Waals surface area contributed by atoms with Crippen LogP contribution in [0, 0.1) is 0 Å². The molecule has 0 aliphatic carbocycles. The molecule has 0 saturated carbocycles. The van der Waals surface area contributed by atoms with Crippen molar-refractivity contribution in [3.63, 3.8) is 0 Å². The van der Waals surface area contributed by atoms with Gasteiger partial charge in [-0.1, -0.05) is 62.3 Å². The van der Waals surface area contributed by atoms with Crippen LogP contribution in [-0.2, 0) is 4.57 Å². The van der Waals surface area contributed by atoms with Crippen molar-refractivity contribution in [1.29, 1.82) is 0 Å². The molecule has 0 bridgehead atoms. The van der Waals surface area contributed by atoms with Gasteiger partial charge in [0.1, 0.15) is 0 Å². The molecule has 0 aromatic rings. The summed E-state index contributed by atoms with van der Waals surface area (Å²) in [5.74, 6) is 0. The second-order valence-electron chi connectivity index (χ2n) is 11.8. The number of hydrogen-bond donors (Lipinski definition) is 0. The topological polar surface area (TPSA) is 86.2 Å². The van der Waals surface area contributed by atoms with E-state index in [4.69, 9.17) is 19.2 Å². The fourth-order valence-corrected chi connectivity index (χ4v) is 5.86. The number of hydrogen-bond acceptors (Lipinski definition) is 4. The highest BCUT2D eigenvalue weighted by Crippen LogP contribution is 2.08. The predicted octanol–water partition coefficient (Wildman–Crippen LogP) is 5.16. The van der Waals surface area contributed by atoms with E-state index in [1.165, 1.54) is 130 Å². The predicted molar refractivity (Wildman–Crippen MR) is 163 cm³/mol. The maximum atomic E-state index is 8.55. The first-order chi connectivity index (χ1) is 17.5. The molecule has 0 N–H and O–H groups in total. The van der Waals surface area contributed by atoms with Crippen molar-refractivity contribution in [3.05, 3.63) is 0 Å². The smallest absolute Gasteiger partial charge is 0.0781 e. The molecule has 7 nitrogen and oxygen atoms in total. The molecular formula is C30H72N3O4P. The van der Waals surface area contributed by atoms with Crippen LogP contribution < -0.4 is 14.7 Å². The number of nitrogens with zero attached hydrogens (tertiary/aromatic N) is 3. The van der Waals surface area contributed by atoms with Gasteiger partial charge in [0.25, 0.3) is 0 Å². The van der Waals surface area contributed by atoms with Crippen molar-refractivity contribution in [2.24, 2.45) is 0 Å². The largest absolute Gasteiger partial charge is 0.822 e. The van der Waals surface area contributed by atoms with Crippen LogP contribution in [0.15, 0.2) is 0 Å².